The lowest BCUT2D eigenvalue weighted by atomic mass is 10.1. The van der Waals surface area contributed by atoms with E-state index >= 15 is 0 Å². The van der Waals surface area contributed by atoms with Gasteiger partial charge in [-0.3, -0.25) is 0 Å². The lowest BCUT2D eigenvalue weighted by Crippen LogP contribution is -2.47. The molecule has 25 heavy (non-hydrogen) atoms. The molecule has 0 atom stereocenters. The number of piperazine rings is 1. The standard InChI is InChI=1S/C17H17ClN4O2S/c18-14-5-6-15(13(11-14)12-19)21-7-9-22(10-8-21)16-3-1-2-4-17(16)25(20,23)24/h1-6,11H,7-10H2,(H2,20,23,24). The van der Waals surface area contributed by atoms with E-state index in [-0.39, 0.29) is 4.90 Å². The summed E-state index contributed by atoms with van der Waals surface area (Å²) in [5.41, 5.74) is 1.98. The Kier molecular flexibility index (Phi) is 4.86. The van der Waals surface area contributed by atoms with Crippen LogP contribution in [-0.4, -0.2) is 34.6 Å². The molecule has 1 heterocycles. The van der Waals surface area contributed by atoms with E-state index in [2.05, 4.69) is 11.0 Å². The van der Waals surface area contributed by atoms with Gasteiger partial charge in [0.15, 0.2) is 0 Å². The highest BCUT2D eigenvalue weighted by Gasteiger charge is 2.23. The van der Waals surface area contributed by atoms with Crippen LogP contribution in [0.15, 0.2) is 47.4 Å². The van der Waals surface area contributed by atoms with Crippen LogP contribution in [0.1, 0.15) is 5.56 Å². The third-order valence-electron chi connectivity index (χ3n) is 4.21. The summed E-state index contributed by atoms with van der Waals surface area (Å²) in [6.45, 7) is 2.57. The zero-order valence-electron chi connectivity index (χ0n) is 13.4. The molecule has 1 saturated heterocycles. The number of anilines is 2. The second-order valence-corrected chi connectivity index (χ2v) is 7.73. The van der Waals surface area contributed by atoms with Crippen LogP contribution in [-0.2, 0) is 10.0 Å². The largest absolute Gasteiger partial charge is 0.367 e. The molecule has 0 amide bonds. The molecule has 0 radical (unpaired) electrons. The average Bonchev–Trinajstić information content (AvgIpc) is 2.61. The van der Waals surface area contributed by atoms with E-state index in [1.165, 1.54) is 6.07 Å². The number of nitrogens with zero attached hydrogens (tertiary/aromatic N) is 3. The molecular weight excluding hydrogens is 360 g/mol. The van der Waals surface area contributed by atoms with Gasteiger partial charge >= 0.3 is 0 Å². The van der Waals surface area contributed by atoms with Crippen LogP contribution in [0.2, 0.25) is 5.02 Å². The van der Waals surface area contributed by atoms with Crippen LogP contribution in [0.3, 0.4) is 0 Å². The third kappa shape index (κ3) is 3.71. The van der Waals surface area contributed by atoms with Crippen molar-refractivity contribution in [2.75, 3.05) is 36.0 Å². The Morgan fingerprint density at radius 3 is 2.20 bits per heavy atom. The maximum Gasteiger partial charge on any atom is 0.240 e. The van der Waals surface area contributed by atoms with Crippen molar-refractivity contribution in [2.24, 2.45) is 5.14 Å². The lowest BCUT2D eigenvalue weighted by molar-refractivity contribution is 0.595. The predicted molar refractivity (Wildman–Crippen MR) is 98.4 cm³/mol. The molecule has 1 aliphatic rings. The number of hydrogen-bond donors (Lipinski definition) is 1. The molecule has 0 bridgehead atoms. The number of nitrogens with two attached hydrogens (primary N) is 1. The molecule has 2 N–H and O–H groups in total. The molecule has 0 aliphatic carbocycles. The Balaban J connectivity index is 1.81. The molecule has 0 unspecified atom stereocenters. The molecule has 0 aromatic heterocycles. The number of nitriles is 1. The SMILES string of the molecule is N#Cc1cc(Cl)ccc1N1CCN(c2ccccc2S(N)(=O)=O)CC1. The number of primary sulfonamides is 1. The summed E-state index contributed by atoms with van der Waals surface area (Å²) in [6.07, 6.45) is 0. The first-order chi connectivity index (χ1) is 11.9. The van der Waals surface area contributed by atoms with Crippen molar-refractivity contribution < 1.29 is 8.42 Å². The van der Waals surface area contributed by atoms with E-state index in [9.17, 15) is 13.7 Å². The van der Waals surface area contributed by atoms with Crippen molar-refractivity contribution in [3.05, 3.63) is 53.1 Å². The minimum atomic E-state index is -3.78. The van der Waals surface area contributed by atoms with Gasteiger partial charge in [0, 0.05) is 31.2 Å². The number of benzene rings is 2. The predicted octanol–water partition coefficient (Wildman–Crippen LogP) is 2.19. The van der Waals surface area contributed by atoms with Crippen LogP contribution in [0.5, 0.6) is 0 Å². The van der Waals surface area contributed by atoms with Crippen LogP contribution in [0.25, 0.3) is 0 Å². The van der Waals surface area contributed by atoms with Crippen LogP contribution in [0.4, 0.5) is 11.4 Å². The molecule has 1 aliphatic heterocycles. The summed E-state index contributed by atoms with van der Waals surface area (Å²) in [5, 5.41) is 15.2. The number of rotatable bonds is 3. The first kappa shape index (κ1) is 17.5. The van der Waals surface area contributed by atoms with Crippen LogP contribution >= 0.6 is 11.6 Å². The van der Waals surface area contributed by atoms with E-state index in [0.717, 1.165) is 5.69 Å². The highest BCUT2D eigenvalue weighted by atomic mass is 35.5. The highest BCUT2D eigenvalue weighted by molar-refractivity contribution is 7.89. The molecule has 3 rings (SSSR count). The Hall–Kier alpha value is -2.27. The van der Waals surface area contributed by atoms with Crippen LogP contribution < -0.4 is 14.9 Å². The lowest BCUT2D eigenvalue weighted by Gasteiger charge is -2.38. The normalized spacial score (nSPS) is 15.1. The fraction of sp³-hybridized carbons (Fsp3) is 0.235. The number of hydrogen-bond acceptors (Lipinski definition) is 5. The van der Waals surface area contributed by atoms with E-state index in [4.69, 9.17) is 16.7 Å². The van der Waals surface area contributed by atoms with Crippen molar-refractivity contribution in [3.8, 4) is 6.07 Å². The molecule has 0 saturated carbocycles. The van der Waals surface area contributed by atoms with Gasteiger partial charge in [0.1, 0.15) is 11.0 Å². The van der Waals surface area contributed by atoms with Crippen molar-refractivity contribution >= 4 is 33.0 Å². The Bertz CT molecular complexity index is 932. The number of para-hydroxylation sites is 1. The molecule has 1 fully saturated rings. The Morgan fingerprint density at radius 2 is 1.60 bits per heavy atom. The summed E-state index contributed by atoms with van der Waals surface area (Å²) in [5.74, 6) is 0. The maximum absolute atomic E-state index is 11.8. The average molecular weight is 377 g/mol. The first-order valence-corrected chi connectivity index (χ1v) is 9.64. The fourth-order valence-electron chi connectivity index (χ4n) is 3.02. The minimum Gasteiger partial charge on any atom is -0.367 e. The van der Waals surface area contributed by atoms with Gasteiger partial charge in [-0.15, -0.1) is 0 Å². The molecule has 2 aromatic carbocycles. The maximum atomic E-state index is 11.8. The zero-order chi connectivity index (χ0) is 18.0. The molecule has 0 spiro atoms. The van der Waals surface area contributed by atoms with Gasteiger partial charge < -0.3 is 9.80 Å². The molecular formula is C17H17ClN4O2S. The summed E-state index contributed by atoms with van der Waals surface area (Å²) >= 11 is 5.95. The van der Waals surface area contributed by atoms with Crippen molar-refractivity contribution in [1.82, 2.24) is 0 Å². The Morgan fingerprint density at radius 1 is 1.00 bits per heavy atom. The molecule has 130 valence electrons. The van der Waals surface area contributed by atoms with Gasteiger partial charge in [-0.25, -0.2) is 13.6 Å². The van der Waals surface area contributed by atoms with E-state index in [1.807, 2.05) is 11.0 Å². The number of sulfonamides is 1. The summed E-state index contributed by atoms with van der Waals surface area (Å²) in [4.78, 5) is 4.23. The topological polar surface area (TPSA) is 90.4 Å². The third-order valence-corrected chi connectivity index (χ3v) is 5.41. The second-order valence-electron chi connectivity index (χ2n) is 5.76. The van der Waals surface area contributed by atoms with Gasteiger partial charge in [-0.1, -0.05) is 23.7 Å². The summed E-state index contributed by atoms with van der Waals surface area (Å²) in [7, 11) is -3.78. The molecule has 8 heteroatoms. The fourth-order valence-corrected chi connectivity index (χ4v) is 3.95. The first-order valence-electron chi connectivity index (χ1n) is 7.71. The number of halogens is 1. The smallest absolute Gasteiger partial charge is 0.240 e. The monoisotopic (exact) mass is 376 g/mol. The van der Waals surface area contributed by atoms with Crippen molar-refractivity contribution in [2.45, 2.75) is 4.90 Å². The van der Waals surface area contributed by atoms with Gasteiger partial charge in [0.05, 0.1) is 16.9 Å². The van der Waals surface area contributed by atoms with E-state index in [0.29, 0.717) is 42.5 Å². The minimum absolute atomic E-state index is 0.132. The van der Waals surface area contributed by atoms with Gasteiger partial charge in [0.2, 0.25) is 10.0 Å². The van der Waals surface area contributed by atoms with Crippen LogP contribution in [0, 0.1) is 11.3 Å². The van der Waals surface area contributed by atoms with Crippen molar-refractivity contribution in [1.29, 1.82) is 5.26 Å². The summed E-state index contributed by atoms with van der Waals surface area (Å²) in [6, 6.07) is 14.2. The van der Waals surface area contributed by atoms with E-state index in [1.54, 1.807) is 30.3 Å². The van der Waals surface area contributed by atoms with Crippen molar-refractivity contribution in [3.63, 3.8) is 0 Å². The van der Waals surface area contributed by atoms with Gasteiger partial charge in [-0.05, 0) is 30.3 Å². The second kappa shape index (κ2) is 6.92. The van der Waals surface area contributed by atoms with E-state index < -0.39 is 10.0 Å². The highest BCUT2D eigenvalue weighted by Crippen LogP contribution is 2.28. The Labute approximate surface area is 152 Å². The zero-order valence-corrected chi connectivity index (χ0v) is 15.0. The quantitative estimate of drug-likeness (QED) is 0.886. The summed E-state index contributed by atoms with van der Waals surface area (Å²) < 4.78 is 23.6. The van der Waals surface area contributed by atoms with Gasteiger partial charge in [0.25, 0.3) is 0 Å². The van der Waals surface area contributed by atoms with Gasteiger partial charge in [-0.2, -0.15) is 5.26 Å². The molecule has 6 nitrogen and oxygen atoms in total. The molecule has 2 aromatic rings.